The summed E-state index contributed by atoms with van der Waals surface area (Å²) in [7, 11) is 0. The molecule has 1 aromatic rings. The molecule has 0 bridgehead atoms. The fourth-order valence-electron chi connectivity index (χ4n) is 1.77. The molecule has 1 aliphatic rings. The van der Waals surface area contributed by atoms with E-state index in [4.69, 9.17) is 0 Å². The van der Waals surface area contributed by atoms with Gasteiger partial charge in [0.25, 0.3) is 0 Å². The van der Waals surface area contributed by atoms with E-state index in [2.05, 4.69) is 0 Å². The van der Waals surface area contributed by atoms with Crippen molar-refractivity contribution in [3.05, 3.63) is 29.3 Å². The van der Waals surface area contributed by atoms with Crippen molar-refractivity contribution in [3.8, 4) is 5.75 Å². The Morgan fingerprint density at radius 3 is 3.00 bits per heavy atom. The number of phenolic OH excluding ortho intramolecular Hbond substituents is 1. The summed E-state index contributed by atoms with van der Waals surface area (Å²) in [6.45, 7) is 0. The highest BCUT2D eigenvalue weighted by molar-refractivity contribution is 5.41. The highest BCUT2D eigenvalue weighted by Gasteiger charge is 2.17. The van der Waals surface area contributed by atoms with Crippen LogP contribution in [0.1, 0.15) is 17.5 Å². The lowest BCUT2D eigenvalue weighted by atomic mass is 9.89. The van der Waals surface area contributed by atoms with E-state index < -0.39 is 0 Å². The first-order valence-corrected chi connectivity index (χ1v) is 4.25. The molecule has 0 aromatic heterocycles. The predicted octanol–water partition coefficient (Wildman–Crippen LogP) is 1.24. The lowest BCUT2D eigenvalue weighted by molar-refractivity contribution is 0.158. The second-order valence-corrected chi connectivity index (χ2v) is 3.31. The Morgan fingerprint density at radius 2 is 2.17 bits per heavy atom. The second-order valence-electron chi connectivity index (χ2n) is 3.31. The van der Waals surface area contributed by atoms with Gasteiger partial charge in [-0.25, -0.2) is 0 Å². The van der Waals surface area contributed by atoms with Crippen LogP contribution >= 0.6 is 0 Å². The first-order chi connectivity index (χ1) is 5.77. The largest absolute Gasteiger partial charge is 0.508 e. The molecule has 1 atom stereocenters. The molecule has 2 rings (SSSR count). The number of aliphatic hydroxyl groups is 1. The van der Waals surface area contributed by atoms with E-state index in [-0.39, 0.29) is 6.10 Å². The highest BCUT2D eigenvalue weighted by atomic mass is 16.3. The van der Waals surface area contributed by atoms with Gasteiger partial charge in [0.1, 0.15) is 5.75 Å². The van der Waals surface area contributed by atoms with Gasteiger partial charge in [-0.2, -0.15) is 0 Å². The molecule has 0 amide bonds. The van der Waals surface area contributed by atoms with E-state index in [1.54, 1.807) is 6.07 Å². The summed E-state index contributed by atoms with van der Waals surface area (Å²) in [5.74, 6) is 0.374. The van der Waals surface area contributed by atoms with Gasteiger partial charge in [0.05, 0.1) is 6.10 Å². The fraction of sp³-hybridized carbons (Fsp3) is 0.400. The molecule has 0 radical (unpaired) electrons. The Bertz CT molecular complexity index is 294. The first-order valence-electron chi connectivity index (χ1n) is 4.25. The molecule has 2 N–H and O–H groups in total. The fourth-order valence-corrected chi connectivity index (χ4v) is 1.77. The number of hydrogen-bond donors (Lipinski definition) is 2. The third-order valence-electron chi connectivity index (χ3n) is 2.43. The molecule has 0 heterocycles. The van der Waals surface area contributed by atoms with Crippen molar-refractivity contribution < 1.29 is 10.2 Å². The number of phenols is 1. The van der Waals surface area contributed by atoms with E-state index in [1.807, 2.05) is 12.1 Å². The minimum atomic E-state index is -0.223. The third kappa shape index (κ3) is 1.18. The molecule has 0 saturated heterocycles. The Kier molecular flexibility index (Phi) is 1.77. The Morgan fingerprint density at radius 1 is 1.33 bits per heavy atom. The Labute approximate surface area is 71.5 Å². The number of benzene rings is 1. The minimum Gasteiger partial charge on any atom is -0.508 e. The summed E-state index contributed by atoms with van der Waals surface area (Å²) in [4.78, 5) is 0. The predicted molar refractivity (Wildman–Crippen MR) is 46.1 cm³/mol. The number of aliphatic hydroxyl groups excluding tert-OH is 1. The zero-order valence-electron chi connectivity index (χ0n) is 6.83. The smallest absolute Gasteiger partial charge is 0.119 e. The van der Waals surface area contributed by atoms with Crippen LogP contribution in [0.5, 0.6) is 5.75 Å². The van der Waals surface area contributed by atoms with Crippen LogP contribution in [0.4, 0.5) is 0 Å². The van der Waals surface area contributed by atoms with Crippen molar-refractivity contribution >= 4 is 0 Å². The zero-order valence-corrected chi connectivity index (χ0v) is 6.83. The number of fused-ring (bicyclic) bond motifs is 1. The van der Waals surface area contributed by atoms with Gasteiger partial charge in [0.2, 0.25) is 0 Å². The van der Waals surface area contributed by atoms with E-state index in [0.29, 0.717) is 12.2 Å². The van der Waals surface area contributed by atoms with Gasteiger partial charge in [-0.1, -0.05) is 12.1 Å². The van der Waals surface area contributed by atoms with Crippen molar-refractivity contribution in [2.24, 2.45) is 0 Å². The average molecular weight is 164 g/mol. The molecular formula is C10H12O2. The molecule has 2 heteroatoms. The molecule has 1 aliphatic carbocycles. The van der Waals surface area contributed by atoms with Gasteiger partial charge < -0.3 is 10.2 Å². The summed E-state index contributed by atoms with van der Waals surface area (Å²) in [6, 6.07) is 5.50. The average Bonchev–Trinajstić information content (AvgIpc) is 2.04. The van der Waals surface area contributed by atoms with E-state index in [0.717, 1.165) is 24.0 Å². The minimum absolute atomic E-state index is 0.223. The molecule has 0 saturated carbocycles. The van der Waals surface area contributed by atoms with E-state index in [1.165, 1.54) is 0 Å². The Hall–Kier alpha value is -1.02. The van der Waals surface area contributed by atoms with E-state index >= 15 is 0 Å². The van der Waals surface area contributed by atoms with Gasteiger partial charge in [0.15, 0.2) is 0 Å². The lowest BCUT2D eigenvalue weighted by Gasteiger charge is -2.20. The molecule has 0 unspecified atom stereocenters. The number of hydrogen-bond acceptors (Lipinski definition) is 2. The van der Waals surface area contributed by atoms with Crippen LogP contribution < -0.4 is 0 Å². The molecule has 0 fully saturated rings. The van der Waals surface area contributed by atoms with Crippen LogP contribution in [0.25, 0.3) is 0 Å². The van der Waals surface area contributed by atoms with E-state index in [9.17, 15) is 10.2 Å². The summed E-state index contributed by atoms with van der Waals surface area (Å²) in [6.07, 6.45) is 2.02. The first kappa shape index (κ1) is 7.62. The van der Waals surface area contributed by atoms with Crippen LogP contribution in [0.2, 0.25) is 0 Å². The topological polar surface area (TPSA) is 40.5 Å². The van der Waals surface area contributed by atoms with Gasteiger partial charge in [0, 0.05) is 0 Å². The molecular weight excluding hydrogens is 152 g/mol. The van der Waals surface area contributed by atoms with Gasteiger partial charge in [-0.15, -0.1) is 0 Å². The van der Waals surface area contributed by atoms with Crippen LogP contribution in [-0.4, -0.2) is 16.3 Å². The second kappa shape index (κ2) is 2.79. The maximum absolute atomic E-state index is 9.46. The van der Waals surface area contributed by atoms with Crippen molar-refractivity contribution in [2.45, 2.75) is 25.4 Å². The van der Waals surface area contributed by atoms with Crippen molar-refractivity contribution in [1.29, 1.82) is 0 Å². The maximum Gasteiger partial charge on any atom is 0.119 e. The van der Waals surface area contributed by atoms with Gasteiger partial charge in [-0.05, 0) is 36.5 Å². The van der Waals surface area contributed by atoms with Crippen LogP contribution in [-0.2, 0) is 12.8 Å². The number of rotatable bonds is 0. The zero-order chi connectivity index (χ0) is 8.55. The molecule has 12 heavy (non-hydrogen) atoms. The summed E-state index contributed by atoms with van der Waals surface area (Å²) >= 11 is 0. The third-order valence-corrected chi connectivity index (χ3v) is 2.43. The quantitative estimate of drug-likeness (QED) is 0.605. The summed E-state index contributed by atoms with van der Waals surface area (Å²) in [5.41, 5.74) is 2.11. The molecule has 64 valence electrons. The summed E-state index contributed by atoms with van der Waals surface area (Å²) in [5, 5.41) is 18.8. The van der Waals surface area contributed by atoms with Crippen LogP contribution in [0.15, 0.2) is 18.2 Å². The highest BCUT2D eigenvalue weighted by Crippen LogP contribution is 2.28. The summed E-state index contributed by atoms with van der Waals surface area (Å²) < 4.78 is 0. The standard InChI is InChI=1S/C10H12O2/c11-8-4-5-9-7(6-8)2-1-3-10(9)12/h1-3,8,11-12H,4-6H2/t8-/m1/s1. The van der Waals surface area contributed by atoms with Crippen LogP contribution in [0.3, 0.4) is 0 Å². The van der Waals surface area contributed by atoms with Gasteiger partial charge >= 0.3 is 0 Å². The molecule has 0 aliphatic heterocycles. The van der Waals surface area contributed by atoms with Crippen molar-refractivity contribution in [2.75, 3.05) is 0 Å². The van der Waals surface area contributed by atoms with Gasteiger partial charge in [-0.3, -0.25) is 0 Å². The SMILES string of the molecule is Oc1cccc2c1CC[C@@H](O)C2. The molecule has 0 spiro atoms. The molecule has 2 nitrogen and oxygen atoms in total. The molecule has 1 aromatic carbocycles. The van der Waals surface area contributed by atoms with Crippen LogP contribution in [0, 0.1) is 0 Å². The lowest BCUT2D eigenvalue weighted by Crippen LogP contribution is -2.18. The number of aromatic hydroxyl groups is 1. The maximum atomic E-state index is 9.46. The Balaban J connectivity index is 2.42. The van der Waals surface area contributed by atoms with Crippen molar-refractivity contribution in [1.82, 2.24) is 0 Å². The monoisotopic (exact) mass is 164 g/mol. The van der Waals surface area contributed by atoms with Crippen molar-refractivity contribution in [3.63, 3.8) is 0 Å². The normalized spacial score (nSPS) is 21.9.